The average Bonchev–Trinajstić information content (AvgIpc) is 2.57. The SMILES string of the molecule is CN(CC=Cc1ccc(Cl)cc1Cl)Cc1ccc2c(c1)OCCO2. The van der Waals surface area contributed by atoms with Crippen molar-refractivity contribution < 1.29 is 9.47 Å². The zero-order valence-corrected chi connectivity index (χ0v) is 15.0. The van der Waals surface area contributed by atoms with Crippen molar-refractivity contribution >= 4 is 29.3 Å². The lowest BCUT2D eigenvalue weighted by atomic mass is 10.1. The van der Waals surface area contributed by atoms with Gasteiger partial charge in [-0.15, -0.1) is 0 Å². The van der Waals surface area contributed by atoms with Gasteiger partial charge in [0, 0.05) is 23.1 Å². The van der Waals surface area contributed by atoms with E-state index in [1.54, 1.807) is 6.07 Å². The first-order chi connectivity index (χ1) is 11.6. The van der Waals surface area contributed by atoms with E-state index in [2.05, 4.69) is 24.1 Å². The summed E-state index contributed by atoms with van der Waals surface area (Å²) in [7, 11) is 2.07. The standard InChI is InChI=1S/C19H19Cl2NO2/c1-22(8-2-3-15-5-6-16(20)12-17(15)21)13-14-4-7-18-19(11-14)24-10-9-23-18/h2-7,11-12H,8-10,13H2,1H3. The van der Waals surface area contributed by atoms with E-state index in [0.29, 0.717) is 23.3 Å². The third kappa shape index (κ3) is 4.44. The molecule has 0 bridgehead atoms. The van der Waals surface area contributed by atoms with Crippen molar-refractivity contribution in [2.45, 2.75) is 6.54 Å². The average molecular weight is 364 g/mol. The number of ether oxygens (including phenoxy) is 2. The summed E-state index contributed by atoms with van der Waals surface area (Å²) in [4.78, 5) is 2.21. The molecule has 1 heterocycles. The molecule has 2 aromatic carbocycles. The second-order valence-corrected chi connectivity index (χ2v) is 6.59. The van der Waals surface area contributed by atoms with E-state index in [1.807, 2.05) is 30.3 Å². The Morgan fingerprint density at radius 2 is 1.83 bits per heavy atom. The predicted octanol–water partition coefficient (Wildman–Crippen LogP) is 4.91. The fourth-order valence-electron chi connectivity index (χ4n) is 2.56. The van der Waals surface area contributed by atoms with Crippen LogP contribution in [0.15, 0.2) is 42.5 Å². The van der Waals surface area contributed by atoms with Crippen molar-refractivity contribution in [3.8, 4) is 11.5 Å². The molecule has 0 amide bonds. The van der Waals surface area contributed by atoms with Crippen LogP contribution in [-0.2, 0) is 6.54 Å². The van der Waals surface area contributed by atoms with Gasteiger partial charge in [-0.3, -0.25) is 4.90 Å². The molecule has 3 nitrogen and oxygen atoms in total. The minimum atomic E-state index is 0.608. The van der Waals surface area contributed by atoms with E-state index < -0.39 is 0 Å². The molecule has 0 aliphatic carbocycles. The Labute approximate surface area is 152 Å². The van der Waals surface area contributed by atoms with E-state index in [-0.39, 0.29) is 0 Å². The van der Waals surface area contributed by atoms with Gasteiger partial charge in [-0.2, -0.15) is 0 Å². The Balaban J connectivity index is 1.57. The lowest BCUT2D eigenvalue weighted by Gasteiger charge is -2.20. The molecule has 2 aromatic rings. The van der Waals surface area contributed by atoms with Crippen molar-refractivity contribution in [2.75, 3.05) is 26.8 Å². The van der Waals surface area contributed by atoms with Crippen LogP contribution in [0.1, 0.15) is 11.1 Å². The number of likely N-dealkylation sites (N-methyl/N-ethyl adjacent to an activating group) is 1. The van der Waals surface area contributed by atoms with Gasteiger partial charge in [0.05, 0.1) is 0 Å². The summed E-state index contributed by atoms with van der Waals surface area (Å²) >= 11 is 12.1. The molecule has 1 aliphatic rings. The van der Waals surface area contributed by atoms with Crippen LogP contribution in [0.2, 0.25) is 10.0 Å². The molecular weight excluding hydrogens is 345 g/mol. The highest BCUT2D eigenvalue weighted by Gasteiger charge is 2.12. The lowest BCUT2D eigenvalue weighted by Crippen LogP contribution is -2.19. The van der Waals surface area contributed by atoms with Gasteiger partial charge in [0.15, 0.2) is 11.5 Å². The molecular formula is C19H19Cl2NO2. The van der Waals surface area contributed by atoms with Gasteiger partial charge in [0.2, 0.25) is 0 Å². The van der Waals surface area contributed by atoms with E-state index in [0.717, 1.165) is 30.2 Å². The Hall–Kier alpha value is -1.68. The smallest absolute Gasteiger partial charge is 0.161 e. The van der Waals surface area contributed by atoms with Crippen molar-refractivity contribution in [3.63, 3.8) is 0 Å². The van der Waals surface area contributed by atoms with Crippen LogP contribution in [0.5, 0.6) is 11.5 Å². The zero-order chi connectivity index (χ0) is 16.9. The van der Waals surface area contributed by atoms with Crippen LogP contribution in [0, 0.1) is 0 Å². The second kappa shape index (κ2) is 7.93. The van der Waals surface area contributed by atoms with Gasteiger partial charge in [0.1, 0.15) is 13.2 Å². The minimum Gasteiger partial charge on any atom is -0.486 e. The number of hydrogen-bond acceptors (Lipinski definition) is 3. The van der Waals surface area contributed by atoms with Crippen LogP contribution in [0.25, 0.3) is 6.08 Å². The largest absolute Gasteiger partial charge is 0.486 e. The van der Waals surface area contributed by atoms with Gasteiger partial charge in [0.25, 0.3) is 0 Å². The Morgan fingerprint density at radius 1 is 1.04 bits per heavy atom. The highest BCUT2D eigenvalue weighted by Crippen LogP contribution is 2.31. The Kier molecular flexibility index (Phi) is 5.67. The molecule has 126 valence electrons. The van der Waals surface area contributed by atoms with Crippen molar-refractivity contribution in [1.29, 1.82) is 0 Å². The first kappa shape index (κ1) is 17.2. The van der Waals surface area contributed by atoms with Gasteiger partial charge >= 0.3 is 0 Å². The molecule has 0 N–H and O–H groups in total. The maximum Gasteiger partial charge on any atom is 0.161 e. The molecule has 0 fully saturated rings. The summed E-state index contributed by atoms with van der Waals surface area (Å²) in [5.41, 5.74) is 2.16. The number of rotatable bonds is 5. The molecule has 3 rings (SSSR count). The van der Waals surface area contributed by atoms with Crippen LogP contribution < -0.4 is 9.47 Å². The maximum atomic E-state index is 6.17. The van der Waals surface area contributed by atoms with Crippen molar-refractivity contribution in [2.24, 2.45) is 0 Å². The van der Waals surface area contributed by atoms with Crippen LogP contribution in [0.4, 0.5) is 0 Å². The quantitative estimate of drug-likeness (QED) is 0.753. The molecule has 0 radical (unpaired) electrons. The van der Waals surface area contributed by atoms with Gasteiger partial charge in [-0.25, -0.2) is 0 Å². The minimum absolute atomic E-state index is 0.608. The van der Waals surface area contributed by atoms with Gasteiger partial charge in [-0.1, -0.05) is 47.5 Å². The number of hydrogen-bond donors (Lipinski definition) is 0. The molecule has 1 aliphatic heterocycles. The van der Waals surface area contributed by atoms with Crippen LogP contribution in [-0.4, -0.2) is 31.7 Å². The highest BCUT2D eigenvalue weighted by atomic mass is 35.5. The molecule has 5 heteroatoms. The van der Waals surface area contributed by atoms with Crippen LogP contribution >= 0.6 is 23.2 Å². The van der Waals surface area contributed by atoms with Gasteiger partial charge in [-0.05, 0) is 42.4 Å². The lowest BCUT2D eigenvalue weighted by molar-refractivity contribution is 0.171. The fraction of sp³-hybridized carbons (Fsp3) is 0.263. The van der Waals surface area contributed by atoms with E-state index in [4.69, 9.17) is 32.7 Å². The first-order valence-electron chi connectivity index (χ1n) is 7.80. The normalized spacial score (nSPS) is 13.7. The fourth-order valence-corrected chi connectivity index (χ4v) is 3.03. The number of fused-ring (bicyclic) bond motifs is 1. The summed E-state index contributed by atoms with van der Waals surface area (Å²) in [5, 5.41) is 1.31. The summed E-state index contributed by atoms with van der Waals surface area (Å²) in [5.74, 6) is 1.65. The van der Waals surface area contributed by atoms with Crippen LogP contribution in [0.3, 0.4) is 0 Å². The predicted molar refractivity (Wildman–Crippen MR) is 99.3 cm³/mol. The summed E-state index contributed by atoms with van der Waals surface area (Å²) < 4.78 is 11.2. The third-order valence-corrected chi connectivity index (χ3v) is 4.30. The third-order valence-electron chi connectivity index (χ3n) is 3.74. The number of halogens is 2. The summed E-state index contributed by atoms with van der Waals surface area (Å²) in [6.07, 6.45) is 4.10. The van der Waals surface area contributed by atoms with Crippen molar-refractivity contribution in [1.82, 2.24) is 4.90 Å². The zero-order valence-electron chi connectivity index (χ0n) is 13.5. The second-order valence-electron chi connectivity index (χ2n) is 5.74. The molecule has 0 unspecified atom stereocenters. The van der Waals surface area contributed by atoms with Crippen molar-refractivity contribution in [3.05, 3.63) is 63.6 Å². The monoisotopic (exact) mass is 363 g/mol. The van der Waals surface area contributed by atoms with E-state index in [9.17, 15) is 0 Å². The highest BCUT2D eigenvalue weighted by molar-refractivity contribution is 6.35. The van der Waals surface area contributed by atoms with E-state index in [1.165, 1.54) is 5.56 Å². The van der Waals surface area contributed by atoms with E-state index >= 15 is 0 Å². The molecule has 0 spiro atoms. The molecule has 0 atom stereocenters. The Bertz CT molecular complexity index is 746. The first-order valence-corrected chi connectivity index (χ1v) is 8.56. The molecule has 0 saturated heterocycles. The van der Waals surface area contributed by atoms with Gasteiger partial charge < -0.3 is 9.47 Å². The number of nitrogens with zero attached hydrogens (tertiary/aromatic N) is 1. The molecule has 0 saturated carbocycles. The maximum absolute atomic E-state index is 6.17. The summed E-state index contributed by atoms with van der Waals surface area (Å²) in [6.45, 7) is 2.86. The topological polar surface area (TPSA) is 21.7 Å². The molecule has 24 heavy (non-hydrogen) atoms. The Morgan fingerprint density at radius 3 is 2.62 bits per heavy atom. The summed E-state index contributed by atoms with van der Waals surface area (Å²) in [6, 6.07) is 11.6. The number of benzene rings is 2. The molecule has 0 aromatic heterocycles.